The van der Waals surface area contributed by atoms with Crippen molar-refractivity contribution in [3.05, 3.63) is 71.9 Å². The fourth-order valence-electron chi connectivity index (χ4n) is 2.40. The number of aromatic nitrogens is 1. The summed E-state index contributed by atoms with van der Waals surface area (Å²) in [6.45, 7) is 1.48. The highest BCUT2D eigenvalue weighted by Crippen LogP contribution is 2.21. The van der Waals surface area contributed by atoms with Crippen LogP contribution in [0.15, 0.2) is 60.8 Å². The van der Waals surface area contributed by atoms with Gasteiger partial charge in [0.05, 0.1) is 0 Å². The summed E-state index contributed by atoms with van der Waals surface area (Å²) in [7, 11) is 0. The summed E-state index contributed by atoms with van der Waals surface area (Å²) < 4.78 is 2.27. The Morgan fingerprint density at radius 2 is 1.61 bits per heavy atom. The molecule has 0 fully saturated rings. The van der Waals surface area contributed by atoms with E-state index in [0.29, 0.717) is 6.54 Å². The maximum atomic E-state index is 5.81. The summed E-state index contributed by atoms with van der Waals surface area (Å²) in [5.41, 5.74) is 9.58. The molecule has 18 heavy (non-hydrogen) atoms. The summed E-state index contributed by atoms with van der Waals surface area (Å²) in [6, 6.07) is 18.9. The first-order chi connectivity index (χ1) is 8.88. The summed E-state index contributed by atoms with van der Waals surface area (Å²) in [4.78, 5) is 0. The molecule has 2 aromatic carbocycles. The maximum absolute atomic E-state index is 5.81. The number of rotatable bonds is 3. The smallest absolute Gasteiger partial charge is 0.0486 e. The van der Waals surface area contributed by atoms with Gasteiger partial charge in [-0.15, -0.1) is 0 Å². The van der Waals surface area contributed by atoms with Crippen LogP contribution in [0.3, 0.4) is 0 Å². The topological polar surface area (TPSA) is 30.9 Å². The first kappa shape index (κ1) is 11.1. The predicted molar refractivity (Wildman–Crippen MR) is 75.4 cm³/mol. The Morgan fingerprint density at radius 3 is 2.39 bits per heavy atom. The van der Waals surface area contributed by atoms with Gasteiger partial charge in [-0.3, -0.25) is 0 Å². The van der Waals surface area contributed by atoms with Crippen LogP contribution in [0.1, 0.15) is 11.1 Å². The molecular formula is C16H16N2. The van der Waals surface area contributed by atoms with Gasteiger partial charge in [0.2, 0.25) is 0 Å². The Bertz CT molecular complexity index is 653. The van der Waals surface area contributed by atoms with E-state index in [1.807, 2.05) is 6.07 Å². The molecule has 3 aromatic rings. The number of benzene rings is 2. The van der Waals surface area contributed by atoms with Crippen LogP contribution in [-0.4, -0.2) is 4.57 Å². The first-order valence-electron chi connectivity index (χ1n) is 6.19. The van der Waals surface area contributed by atoms with Crippen LogP contribution in [0, 0.1) is 0 Å². The van der Waals surface area contributed by atoms with Crippen molar-refractivity contribution in [2.24, 2.45) is 5.73 Å². The lowest BCUT2D eigenvalue weighted by Gasteiger charge is -2.05. The maximum Gasteiger partial charge on any atom is 0.0486 e. The van der Waals surface area contributed by atoms with E-state index in [0.717, 1.165) is 6.54 Å². The fourth-order valence-corrected chi connectivity index (χ4v) is 2.40. The van der Waals surface area contributed by atoms with Crippen LogP contribution in [-0.2, 0) is 13.1 Å². The number of para-hydroxylation sites is 1. The van der Waals surface area contributed by atoms with Gasteiger partial charge in [-0.2, -0.15) is 0 Å². The average Bonchev–Trinajstić information content (AvgIpc) is 2.78. The van der Waals surface area contributed by atoms with Gasteiger partial charge in [0.15, 0.2) is 0 Å². The quantitative estimate of drug-likeness (QED) is 0.744. The molecule has 2 heteroatoms. The highest BCUT2D eigenvalue weighted by atomic mass is 15.0. The van der Waals surface area contributed by atoms with Gasteiger partial charge in [0.25, 0.3) is 0 Å². The molecule has 0 atom stereocenters. The summed E-state index contributed by atoms with van der Waals surface area (Å²) >= 11 is 0. The van der Waals surface area contributed by atoms with Gasteiger partial charge in [-0.25, -0.2) is 0 Å². The molecule has 0 radical (unpaired) electrons. The molecule has 0 aliphatic carbocycles. The third-order valence-electron chi connectivity index (χ3n) is 3.29. The van der Waals surface area contributed by atoms with Gasteiger partial charge in [0, 0.05) is 30.2 Å². The zero-order valence-electron chi connectivity index (χ0n) is 10.2. The molecule has 0 unspecified atom stereocenters. The molecule has 2 nitrogen and oxygen atoms in total. The van der Waals surface area contributed by atoms with E-state index in [1.54, 1.807) is 0 Å². The van der Waals surface area contributed by atoms with Crippen LogP contribution in [0.5, 0.6) is 0 Å². The lowest BCUT2D eigenvalue weighted by atomic mass is 10.2. The first-order valence-corrected chi connectivity index (χ1v) is 6.19. The number of hydrogen-bond acceptors (Lipinski definition) is 1. The average molecular weight is 236 g/mol. The van der Waals surface area contributed by atoms with E-state index < -0.39 is 0 Å². The Morgan fingerprint density at radius 1 is 0.889 bits per heavy atom. The van der Waals surface area contributed by atoms with Crippen LogP contribution >= 0.6 is 0 Å². The lowest BCUT2D eigenvalue weighted by Crippen LogP contribution is -1.98. The molecule has 1 heterocycles. The Balaban J connectivity index is 2.07. The second kappa shape index (κ2) is 4.67. The van der Waals surface area contributed by atoms with Crippen molar-refractivity contribution in [3.63, 3.8) is 0 Å². The normalized spacial score (nSPS) is 10.9. The number of fused-ring (bicyclic) bond motifs is 1. The molecule has 0 aliphatic rings. The number of nitrogens with two attached hydrogens (primary N) is 1. The second-order valence-corrected chi connectivity index (χ2v) is 4.49. The Kier molecular flexibility index (Phi) is 2.87. The van der Waals surface area contributed by atoms with Gasteiger partial charge in [-0.05, 0) is 17.2 Å². The third-order valence-corrected chi connectivity index (χ3v) is 3.29. The minimum absolute atomic E-state index is 0.586. The Labute approximate surface area is 107 Å². The molecule has 0 aliphatic heterocycles. The highest BCUT2D eigenvalue weighted by molar-refractivity contribution is 5.84. The van der Waals surface area contributed by atoms with Crippen LogP contribution in [0.2, 0.25) is 0 Å². The largest absolute Gasteiger partial charge is 0.343 e. The van der Waals surface area contributed by atoms with Crippen LogP contribution in [0.4, 0.5) is 0 Å². The second-order valence-electron chi connectivity index (χ2n) is 4.49. The van der Waals surface area contributed by atoms with E-state index in [4.69, 9.17) is 5.73 Å². The minimum atomic E-state index is 0.586. The van der Waals surface area contributed by atoms with E-state index in [-0.39, 0.29) is 0 Å². The predicted octanol–water partition coefficient (Wildman–Crippen LogP) is 3.15. The van der Waals surface area contributed by atoms with E-state index >= 15 is 0 Å². The van der Waals surface area contributed by atoms with Gasteiger partial charge >= 0.3 is 0 Å². The molecule has 0 saturated heterocycles. The van der Waals surface area contributed by atoms with Crippen molar-refractivity contribution >= 4 is 10.9 Å². The van der Waals surface area contributed by atoms with Crippen molar-refractivity contribution in [2.45, 2.75) is 13.1 Å². The molecule has 0 spiro atoms. The standard InChI is InChI=1S/C16H16N2/c17-10-14-12-18(11-13-6-2-1-3-7-13)16-9-5-4-8-15(14)16/h1-9,12H,10-11,17H2. The fraction of sp³-hybridized carbons (Fsp3) is 0.125. The van der Waals surface area contributed by atoms with Gasteiger partial charge in [0.1, 0.15) is 0 Å². The molecule has 1 aromatic heterocycles. The molecule has 90 valence electrons. The third kappa shape index (κ3) is 1.91. The molecule has 3 rings (SSSR count). The highest BCUT2D eigenvalue weighted by Gasteiger charge is 2.06. The van der Waals surface area contributed by atoms with Crippen molar-refractivity contribution < 1.29 is 0 Å². The molecule has 0 amide bonds. The summed E-state index contributed by atoms with van der Waals surface area (Å²) in [6.07, 6.45) is 2.16. The number of hydrogen-bond donors (Lipinski definition) is 1. The molecule has 0 bridgehead atoms. The van der Waals surface area contributed by atoms with Gasteiger partial charge < -0.3 is 10.3 Å². The van der Waals surface area contributed by atoms with Crippen molar-refractivity contribution in [1.82, 2.24) is 4.57 Å². The van der Waals surface area contributed by atoms with E-state index in [9.17, 15) is 0 Å². The monoisotopic (exact) mass is 236 g/mol. The summed E-state index contributed by atoms with van der Waals surface area (Å²) in [5, 5.41) is 1.26. The van der Waals surface area contributed by atoms with Crippen molar-refractivity contribution in [2.75, 3.05) is 0 Å². The van der Waals surface area contributed by atoms with Crippen molar-refractivity contribution in [1.29, 1.82) is 0 Å². The summed E-state index contributed by atoms with van der Waals surface area (Å²) in [5.74, 6) is 0. The van der Waals surface area contributed by atoms with Gasteiger partial charge in [-0.1, -0.05) is 48.5 Å². The molecular weight excluding hydrogens is 220 g/mol. The minimum Gasteiger partial charge on any atom is -0.343 e. The van der Waals surface area contributed by atoms with Crippen molar-refractivity contribution in [3.8, 4) is 0 Å². The molecule has 2 N–H and O–H groups in total. The Hall–Kier alpha value is -2.06. The van der Waals surface area contributed by atoms with E-state index in [2.05, 4.69) is 59.3 Å². The zero-order chi connectivity index (χ0) is 12.4. The SMILES string of the molecule is NCc1cn(Cc2ccccc2)c2ccccc12. The van der Waals surface area contributed by atoms with E-state index in [1.165, 1.54) is 22.0 Å². The van der Waals surface area contributed by atoms with Crippen LogP contribution < -0.4 is 5.73 Å². The number of nitrogens with zero attached hydrogens (tertiary/aromatic N) is 1. The lowest BCUT2D eigenvalue weighted by molar-refractivity contribution is 0.829. The van der Waals surface area contributed by atoms with Crippen LogP contribution in [0.25, 0.3) is 10.9 Å². The zero-order valence-corrected chi connectivity index (χ0v) is 10.2. The molecule has 0 saturated carbocycles.